The fourth-order valence-electron chi connectivity index (χ4n) is 4.38. The van der Waals surface area contributed by atoms with E-state index in [9.17, 15) is 4.79 Å². The third-order valence-corrected chi connectivity index (χ3v) is 6.05. The predicted octanol–water partition coefficient (Wildman–Crippen LogP) is 3.72. The van der Waals surface area contributed by atoms with Gasteiger partial charge in [-0.1, -0.05) is 30.3 Å². The van der Waals surface area contributed by atoms with E-state index in [-0.39, 0.29) is 23.9 Å². The van der Waals surface area contributed by atoms with Crippen LogP contribution in [0.5, 0.6) is 11.5 Å². The topological polar surface area (TPSA) is 50.8 Å². The highest BCUT2D eigenvalue weighted by molar-refractivity contribution is 5.81. The van der Waals surface area contributed by atoms with Crippen LogP contribution in [0.25, 0.3) is 0 Å². The van der Waals surface area contributed by atoms with Gasteiger partial charge in [0.05, 0.1) is 20.3 Å². The first-order chi connectivity index (χ1) is 14.1. The van der Waals surface area contributed by atoms with Crippen molar-refractivity contribution in [3.63, 3.8) is 0 Å². The van der Waals surface area contributed by atoms with Gasteiger partial charge in [-0.3, -0.25) is 9.69 Å². The zero-order chi connectivity index (χ0) is 20.4. The molecule has 1 amide bonds. The molecule has 2 aliphatic rings. The van der Waals surface area contributed by atoms with E-state index in [1.165, 1.54) is 16.7 Å². The van der Waals surface area contributed by atoms with Crippen molar-refractivity contribution in [2.24, 2.45) is 5.92 Å². The molecular formula is C24H30N2O3. The Morgan fingerprint density at radius 1 is 1.14 bits per heavy atom. The number of benzene rings is 2. The van der Waals surface area contributed by atoms with E-state index in [0.29, 0.717) is 0 Å². The average Bonchev–Trinajstić information content (AvgIpc) is 3.58. The third kappa shape index (κ3) is 4.25. The first kappa shape index (κ1) is 19.8. The van der Waals surface area contributed by atoms with Crippen LogP contribution in [0.3, 0.4) is 0 Å². The van der Waals surface area contributed by atoms with Gasteiger partial charge in [-0.15, -0.1) is 0 Å². The minimum absolute atomic E-state index is 0.00367. The van der Waals surface area contributed by atoms with Crippen LogP contribution in [0.15, 0.2) is 42.5 Å². The number of nitrogens with zero attached hydrogens (tertiary/aromatic N) is 1. The molecule has 2 aromatic carbocycles. The van der Waals surface area contributed by atoms with E-state index in [4.69, 9.17) is 9.47 Å². The molecule has 0 spiro atoms. The Bertz CT molecular complexity index is 864. The molecule has 29 heavy (non-hydrogen) atoms. The van der Waals surface area contributed by atoms with Gasteiger partial charge in [-0.05, 0) is 55.0 Å². The van der Waals surface area contributed by atoms with E-state index in [1.54, 1.807) is 14.2 Å². The van der Waals surface area contributed by atoms with Crippen molar-refractivity contribution in [2.75, 3.05) is 20.8 Å². The average molecular weight is 395 g/mol. The van der Waals surface area contributed by atoms with Crippen molar-refractivity contribution in [1.29, 1.82) is 0 Å². The summed E-state index contributed by atoms with van der Waals surface area (Å²) in [5.74, 6) is 1.88. The van der Waals surface area contributed by atoms with Crippen LogP contribution in [0, 0.1) is 5.92 Å². The molecule has 0 saturated heterocycles. The van der Waals surface area contributed by atoms with Crippen molar-refractivity contribution in [2.45, 2.75) is 44.8 Å². The highest BCUT2D eigenvalue weighted by Gasteiger charge is 2.36. The number of methoxy groups -OCH3 is 2. The summed E-state index contributed by atoms with van der Waals surface area (Å²) in [5.41, 5.74) is 3.76. The van der Waals surface area contributed by atoms with Crippen molar-refractivity contribution < 1.29 is 14.3 Å². The molecule has 0 radical (unpaired) electrons. The van der Waals surface area contributed by atoms with Gasteiger partial charge >= 0.3 is 0 Å². The van der Waals surface area contributed by atoms with Crippen molar-refractivity contribution in [3.05, 3.63) is 59.2 Å². The maximum Gasteiger partial charge on any atom is 0.223 e. The quantitative estimate of drug-likeness (QED) is 0.778. The van der Waals surface area contributed by atoms with Gasteiger partial charge < -0.3 is 14.8 Å². The molecule has 154 valence electrons. The number of nitrogens with one attached hydrogen (secondary N) is 1. The van der Waals surface area contributed by atoms with Crippen LogP contribution in [0.1, 0.15) is 42.5 Å². The molecular weight excluding hydrogens is 364 g/mol. The van der Waals surface area contributed by atoms with Crippen LogP contribution in [-0.2, 0) is 17.8 Å². The van der Waals surface area contributed by atoms with Crippen LogP contribution in [0.2, 0.25) is 0 Å². The Labute approximate surface area is 173 Å². The number of hydrogen-bond acceptors (Lipinski definition) is 4. The molecule has 1 saturated carbocycles. The lowest BCUT2D eigenvalue weighted by atomic mass is 9.87. The highest BCUT2D eigenvalue weighted by Crippen LogP contribution is 2.40. The maximum atomic E-state index is 12.5. The largest absolute Gasteiger partial charge is 0.493 e. The molecule has 1 fully saturated rings. The Hall–Kier alpha value is -2.53. The van der Waals surface area contributed by atoms with Gasteiger partial charge in [-0.25, -0.2) is 0 Å². The molecule has 0 bridgehead atoms. The van der Waals surface area contributed by atoms with E-state index in [1.807, 2.05) is 6.07 Å². The fraction of sp³-hybridized carbons (Fsp3) is 0.458. The number of amides is 1. The standard InChI is InChI=1S/C24H30N2O3/c1-16(25-24(27)18-9-10-18)23-20-14-22(29-3)21(28-2)13-19(20)11-12-26(23)15-17-7-5-4-6-8-17/h4-8,13-14,16,18,23H,9-12,15H2,1-3H3,(H,25,27). The van der Waals surface area contributed by atoms with Gasteiger partial charge in [0.25, 0.3) is 0 Å². The molecule has 1 aliphatic carbocycles. The summed E-state index contributed by atoms with van der Waals surface area (Å²) in [4.78, 5) is 15.0. The maximum absolute atomic E-state index is 12.5. The lowest BCUT2D eigenvalue weighted by Gasteiger charge is -2.41. The second kappa shape index (κ2) is 8.46. The van der Waals surface area contributed by atoms with Gasteiger partial charge in [-0.2, -0.15) is 0 Å². The molecule has 2 atom stereocenters. The fourth-order valence-corrected chi connectivity index (χ4v) is 4.38. The number of rotatable bonds is 7. The van der Waals surface area contributed by atoms with Crippen molar-refractivity contribution in [1.82, 2.24) is 10.2 Å². The second-order valence-electron chi connectivity index (χ2n) is 8.13. The summed E-state index contributed by atoms with van der Waals surface area (Å²) in [6, 6.07) is 14.8. The van der Waals surface area contributed by atoms with Crippen LogP contribution < -0.4 is 14.8 Å². The Kier molecular flexibility index (Phi) is 5.76. The number of fused-ring (bicyclic) bond motifs is 1. The molecule has 1 heterocycles. The lowest BCUT2D eigenvalue weighted by molar-refractivity contribution is -0.123. The number of carbonyl (C=O) groups is 1. The van der Waals surface area contributed by atoms with Crippen LogP contribution >= 0.6 is 0 Å². The van der Waals surface area contributed by atoms with Crippen molar-refractivity contribution >= 4 is 5.91 Å². The minimum Gasteiger partial charge on any atom is -0.493 e. The highest BCUT2D eigenvalue weighted by atomic mass is 16.5. The molecule has 4 rings (SSSR count). The van der Waals surface area contributed by atoms with Gasteiger partial charge in [0, 0.05) is 25.0 Å². The summed E-state index contributed by atoms with van der Waals surface area (Å²) in [7, 11) is 3.34. The monoisotopic (exact) mass is 394 g/mol. The first-order valence-electron chi connectivity index (χ1n) is 10.4. The van der Waals surface area contributed by atoms with E-state index in [0.717, 1.165) is 43.9 Å². The summed E-state index contributed by atoms with van der Waals surface area (Å²) in [6.45, 7) is 3.91. The lowest BCUT2D eigenvalue weighted by Crippen LogP contribution is -2.47. The number of ether oxygens (including phenoxy) is 2. The van der Waals surface area contributed by atoms with Crippen LogP contribution in [-0.4, -0.2) is 37.6 Å². The zero-order valence-electron chi connectivity index (χ0n) is 17.5. The number of carbonyl (C=O) groups excluding carboxylic acids is 1. The van der Waals surface area contributed by atoms with Crippen LogP contribution in [0.4, 0.5) is 0 Å². The summed E-state index contributed by atoms with van der Waals surface area (Å²) >= 11 is 0. The molecule has 2 unspecified atom stereocenters. The van der Waals surface area contributed by atoms with Gasteiger partial charge in [0.1, 0.15) is 0 Å². The molecule has 1 N–H and O–H groups in total. The Morgan fingerprint density at radius 2 is 1.83 bits per heavy atom. The zero-order valence-corrected chi connectivity index (χ0v) is 17.5. The molecule has 1 aliphatic heterocycles. The summed E-state index contributed by atoms with van der Waals surface area (Å²) < 4.78 is 11.1. The van der Waals surface area contributed by atoms with E-state index in [2.05, 4.69) is 53.5 Å². The van der Waals surface area contributed by atoms with E-state index >= 15 is 0 Å². The predicted molar refractivity (Wildman–Crippen MR) is 113 cm³/mol. The summed E-state index contributed by atoms with van der Waals surface area (Å²) in [6.07, 6.45) is 2.97. The molecule has 5 nitrogen and oxygen atoms in total. The smallest absolute Gasteiger partial charge is 0.223 e. The second-order valence-corrected chi connectivity index (χ2v) is 8.13. The Balaban J connectivity index is 1.67. The van der Waals surface area contributed by atoms with Crippen molar-refractivity contribution in [3.8, 4) is 11.5 Å². The van der Waals surface area contributed by atoms with Gasteiger partial charge in [0.2, 0.25) is 5.91 Å². The minimum atomic E-state index is 0.00367. The molecule has 0 aromatic heterocycles. The first-order valence-corrected chi connectivity index (χ1v) is 10.4. The Morgan fingerprint density at radius 3 is 2.48 bits per heavy atom. The summed E-state index contributed by atoms with van der Waals surface area (Å²) in [5, 5.41) is 3.28. The number of hydrogen-bond donors (Lipinski definition) is 1. The third-order valence-electron chi connectivity index (χ3n) is 6.05. The molecule has 2 aromatic rings. The normalized spacial score (nSPS) is 19.9. The molecule has 5 heteroatoms. The SMILES string of the molecule is COc1cc2c(cc1OC)C(C(C)NC(=O)C1CC1)N(Cc1ccccc1)CC2. The van der Waals surface area contributed by atoms with E-state index < -0.39 is 0 Å². The van der Waals surface area contributed by atoms with Gasteiger partial charge in [0.15, 0.2) is 11.5 Å².